The summed E-state index contributed by atoms with van der Waals surface area (Å²) in [6, 6.07) is 17.8. The lowest BCUT2D eigenvalue weighted by Crippen LogP contribution is -2.35. The van der Waals surface area contributed by atoms with Gasteiger partial charge in [0.2, 0.25) is 0 Å². The zero-order valence-corrected chi connectivity index (χ0v) is 19.5. The van der Waals surface area contributed by atoms with Crippen molar-refractivity contribution < 1.29 is 19.6 Å². The van der Waals surface area contributed by atoms with Gasteiger partial charge in [0, 0.05) is 44.4 Å². The van der Waals surface area contributed by atoms with Gasteiger partial charge in [0.05, 0.1) is 10.5 Å². The van der Waals surface area contributed by atoms with Gasteiger partial charge in [-0.15, -0.1) is 0 Å². The molecule has 0 radical (unpaired) electrons. The fourth-order valence-corrected chi connectivity index (χ4v) is 4.17. The highest BCUT2D eigenvalue weighted by Crippen LogP contribution is 2.30. The summed E-state index contributed by atoms with van der Waals surface area (Å²) in [6.45, 7) is 0.873. The number of nitrogens with zero attached hydrogens (tertiary/aromatic N) is 3. The maximum atomic E-state index is 13.4. The molecule has 8 heteroatoms. The van der Waals surface area contributed by atoms with Crippen LogP contribution in [0.1, 0.15) is 38.3 Å². The van der Waals surface area contributed by atoms with E-state index in [2.05, 4.69) is 0 Å². The molecule has 3 aromatic rings. The van der Waals surface area contributed by atoms with Crippen LogP contribution in [0.5, 0.6) is 5.75 Å². The van der Waals surface area contributed by atoms with Crippen LogP contribution in [0.15, 0.2) is 72.8 Å². The summed E-state index contributed by atoms with van der Waals surface area (Å²) in [5.74, 6) is -0.515. The molecule has 0 saturated heterocycles. The first-order valence-corrected chi connectivity index (χ1v) is 11.1. The lowest BCUT2D eigenvalue weighted by Gasteiger charge is -2.27. The first-order valence-electron chi connectivity index (χ1n) is 11.1. The molecule has 1 heterocycles. The highest BCUT2D eigenvalue weighted by atomic mass is 16.6. The number of benzene rings is 3. The van der Waals surface area contributed by atoms with E-state index in [9.17, 15) is 24.8 Å². The van der Waals surface area contributed by atoms with E-state index in [1.54, 1.807) is 66.4 Å². The smallest absolute Gasteiger partial charge is 0.293 e. The van der Waals surface area contributed by atoms with Gasteiger partial charge in [-0.05, 0) is 47.9 Å². The van der Waals surface area contributed by atoms with Crippen LogP contribution in [0.4, 0.5) is 11.4 Å². The number of phenolic OH excluding ortho intramolecular Hbond substituents is 1. The number of hydrogen-bond acceptors (Lipinski definition) is 6. The number of carbonyl (C=O) groups excluding carboxylic acids is 2. The Morgan fingerprint density at radius 3 is 2.29 bits per heavy atom. The number of anilines is 1. The molecule has 178 valence electrons. The summed E-state index contributed by atoms with van der Waals surface area (Å²) in [4.78, 5) is 41.0. The number of phenols is 1. The van der Waals surface area contributed by atoms with Crippen molar-refractivity contribution in [3.63, 3.8) is 0 Å². The Balaban J connectivity index is 1.59. The van der Waals surface area contributed by atoms with Crippen molar-refractivity contribution >= 4 is 28.6 Å². The zero-order valence-electron chi connectivity index (χ0n) is 19.5. The van der Waals surface area contributed by atoms with Crippen LogP contribution in [0.25, 0.3) is 5.57 Å². The van der Waals surface area contributed by atoms with Gasteiger partial charge in [-0.1, -0.05) is 36.4 Å². The van der Waals surface area contributed by atoms with Gasteiger partial charge in [0.15, 0.2) is 5.78 Å². The van der Waals surface area contributed by atoms with E-state index in [1.807, 2.05) is 18.2 Å². The van der Waals surface area contributed by atoms with Gasteiger partial charge in [-0.25, -0.2) is 0 Å². The van der Waals surface area contributed by atoms with Crippen LogP contribution in [0, 0.1) is 10.1 Å². The first-order chi connectivity index (χ1) is 16.8. The molecule has 0 aliphatic carbocycles. The molecule has 4 rings (SSSR count). The molecule has 1 N–H and O–H groups in total. The third-order valence-corrected chi connectivity index (χ3v) is 6.05. The van der Waals surface area contributed by atoms with Gasteiger partial charge in [-0.2, -0.15) is 0 Å². The topological polar surface area (TPSA) is 104 Å². The predicted molar refractivity (Wildman–Crippen MR) is 134 cm³/mol. The van der Waals surface area contributed by atoms with E-state index in [0.29, 0.717) is 25.2 Å². The molecule has 8 nitrogen and oxygen atoms in total. The largest absolute Gasteiger partial charge is 0.508 e. The average molecular weight is 472 g/mol. The number of carbonyl (C=O) groups is 2. The summed E-state index contributed by atoms with van der Waals surface area (Å²) in [7, 11) is 3.38. The number of rotatable bonds is 6. The summed E-state index contributed by atoms with van der Waals surface area (Å²) < 4.78 is 0. The molecule has 0 bridgehead atoms. The van der Waals surface area contributed by atoms with E-state index in [0.717, 1.165) is 11.1 Å². The SMILES string of the molecule is CN(C)c1ccc(C(=O)c2ccccc2C(=O)N2CC=C(c3ccc(O)cc3)CC2)cc1[N+](=O)[O-]. The minimum atomic E-state index is -0.519. The second-order valence-electron chi connectivity index (χ2n) is 8.51. The van der Waals surface area contributed by atoms with E-state index in [4.69, 9.17) is 0 Å². The van der Waals surface area contributed by atoms with Gasteiger partial charge >= 0.3 is 0 Å². The fraction of sp³-hybridized carbons (Fsp3) is 0.185. The number of amides is 1. The first kappa shape index (κ1) is 23.7. The van der Waals surface area contributed by atoms with Crippen LogP contribution in [0.3, 0.4) is 0 Å². The molecule has 0 unspecified atom stereocenters. The molecule has 0 atom stereocenters. The fourth-order valence-electron chi connectivity index (χ4n) is 4.17. The van der Waals surface area contributed by atoms with Crippen molar-refractivity contribution in [1.82, 2.24) is 4.90 Å². The van der Waals surface area contributed by atoms with E-state index >= 15 is 0 Å². The van der Waals surface area contributed by atoms with E-state index in [1.165, 1.54) is 12.1 Å². The second-order valence-corrected chi connectivity index (χ2v) is 8.51. The molecule has 35 heavy (non-hydrogen) atoms. The monoisotopic (exact) mass is 471 g/mol. The van der Waals surface area contributed by atoms with Crippen molar-refractivity contribution in [2.24, 2.45) is 0 Å². The number of nitro groups is 1. The highest BCUT2D eigenvalue weighted by molar-refractivity contribution is 6.15. The van der Waals surface area contributed by atoms with Crippen LogP contribution in [-0.4, -0.2) is 53.8 Å². The number of aromatic hydroxyl groups is 1. The Bertz CT molecular complexity index is 1330. The molecule has 0 fully saturated rings. The number of nitro benzene ring substituents is 1. The third kappa shape index (κ3) is 4.91. The summed E-state index contributed by atoms with van der Waals surface area (Å²) in [6.07, 6.45) is 2.62. The predicted octanol–water partition coefficient (Wildman–Crippen LogP) is 4.53. The molecule has 0 saturated carbocycles. The highest BCUT2D eigenvalue weighted by Gasteiger charge is 2.26. The lowest BCUT2D eigenvalue weighted by atomic mass is 9.95. The van der Waals surface area contributed by atoms with Crippen molar-refractivity contribution in [2.75, 3.05) is 32.1 Å². The Labute approximate surface area is 202 Å². The Morgan fingerprint density at radius 1 is 1.00 bits per heavy atom. The molecule has 0 spiro atoms. The normalized spacial score (nSPS) is 13.2. The van der Waals surface area contributed by atoms with Crippen molar-refractivity contribution in [1.29, 1.82) is 0 Å². The summed E-state index contributed by atoms with van der Waals surface area (Å²) in [5, 5.41) is 21.0. The van der Waals surface area contributed by atoms with Crippen LogP contribution >= 0.6 is 0 Å². The molecule has 1 aliphatic rings. The van der Waals surface area contributed by atoms with E-state index in [-0.39, 0.29) is 34.0 Å². The molecule has 0 aromatic heterocycles. The standard InChI is InChI=1S/C27H25N3O5/c1-28(2)24-12-9-20(17-25(24)30(34)35)26(32)22-5-3-4-6-23(22)27(33)29-15-13-19(14-16-29)18-7-10-21(31)11-8-18/h3-13,17,31H,14-16H2,1-2H3. The van der Waals surface area contributed by atoms with Crippen molar-refractivity contribution in [3.8, 4) is 5.75 Å². The maximum absolute atomic E-state index is 13.4. The summed E-state index contributed by atoms with van der Waals surface area (Å²) in [5.41, 5.74) is 2.92. The molecular formula is C27H25N3O5. The number of ketones is 1. The Hall–Kier alpha value is -4.46. The van der Waals surface area contributed by atoms with Crippen LogP contribution in [0.2, 0.25) is 0 Å². The quantitative estimate of drug-likeness (QED) is 0.322. The van der Waals surface area contributed by atoms with Gasteiger partial charge in [-0.3, -0.25) is 19.7 Å². The van der Waals surface area contributed by atoms with Gasteiger partial charge < -0.3 is 14.9 Å². The average Bonchev–Trinajstić information content (AvgIpc) is 2.88. The second kappa shape index (κ2) is 9.80. The minimum absolute atomic E-state index is 0.149. The minimum Gasteiger partial charge on any atom is -0.508 e. The van der Waals surface area contributed by atoms with Gasteiger partial charge in [0.1, 0.15) is 11.4 Å². The molecule has 1 aliphatic heterocycles. The molecular weight excluding hydrogens is 446 g/mol. The zero-order chi connectivity index (χ0) is 25.1. The Kier molecular flexibility index (Phi) is 6.64. The van der Waals surface area contributed by atoms with E-state index < -0.39 is 10.7 Å². The summed E-state index contributed by atoms with van der Waals surface area (Å²) >= 11 is 0. The number of hydrogen-bond donors (Lipinski definition) is 1. The van der Waals surface area contributed by atoms with Crippen molar-refractivity contribution in [2.45, 2.75) is 6.42 Å². The maximum Gasteiger partial charge on any atom is 0.293 e. The Morgan fingerprint density at radius 2 is 1.69 bits per heavy atom. The molecule has 3 aromatic carbocycles. The van der Waals surface area contributed by atoms with Crippen molar-refractivity contribution in [3.05, 3.63) is 105 Å². The molecule has 1 amide bonds. The van der Waals surface area contributed by atoms with Crippen LogP contribution < -0.4 is 4.90 Å². The lowest BCUT2D eigenvalue weighted by molar-refractivity contribution is -0.384. The van der Waals surface area contributed by atoms with Crippen LogP contribution in [-0.2, 0) is 0 Å². The van der Waals surface area contributed by atoms with Gasteiger partial charge in [0.25, 0.3) is 11.6 Å². The third-order valence-electron chi connectivity index (χ3n) is 6.05.